The Labute approximate surface area is 113 Å². The minimum atomic E-state index is -3.39. The molecular formula is C12H16N2O2S2. The highest BCUT2D eigenvalue weighted by Crippen LogP contribution is 2.30. The molecule has 0 radical (unpaired) electrons. The Morgan fingerprint density at radius 2 is 2.00 bits per heavy atom. The van der Waals surface area contributed by atoms with Crippen LogP contribution < -0.4 is 10.5 Å². The van der Waals surface area contributed by atoms with Crippen molar-refractivity contribution in [2.45, 2.75) is 30.7 Å². The zero-order valence-electron chi connectivity index (χ0n) is 10.1. The molecule has 0 heterocycles. The number of nitrogens with one attached hydrogen (secondary N) is 1. The van der Waals surface area contributed by atoms with Crippen molar-refractivity contribution in [2.24, 2.45) is 11.7 Å². The van der Waals surface area contributed by atoms with Crippen molar-refractivity contribution in [1.82, 2.24) is 4.72 Å². The minimum absolute atomic E-state index is 0.0892. The molecule has 98 valence electrons. The second kappa shape index (κ2) is 4.95. The van der Waals surface area contributed by atoms with E-state index in [1.165, 1.54) is 0 Å². The fourth-order valence-corrected chi connectivity index (χ4v) is 3.27. The Morgan fingerprint density at radius 3 is 2.44 bits per heavy atom. The molecule has 0 aromatic heterocycles. The van der Waals surface area contributed by atoms with Crippen LogP contribution in [0, 0.1) is 5.92 Å². The first-order valence-corrected chi connectivity index (χ1v) is 7.67. The molecule has 1 aromatic rings. The number of sulfonamides is 1. The smallest absolute Gasteiger partial charge is 0.240 e. The Morgan fingerprint density at radius 1 is 1.44 bits per heavy atom. The molecular weight excluding hydrogens is 268 g/mol. The molecule has 1 fully saturated rings. The maximum atomic E-state index is 12.0. The molecule has 2 rings (SSSR count). The van der Waals surface area contributed by atoms with Crippen molar-refractivity contribution in [3.8, 4) is 0 Å². The van der Waals surface area contributed by atoms with Gasteiger partial charge in [-0.3, -0.25) is 0 Å². The van der Waals surface area contributed by atoms with Gasteiger partial charge < -0.3 is 5.73 Å². The Balaban J connectivity index is 2.10. The van der Waals surface area contributed by atoms with Gasteiger partial charge in [0.15, 0.2) is 0 Å². The van der Waals surface area contributed by atoms with Gasteiger partial charge in [-0.15, -0.1) is 0 Å². The molecule has 1 saturated carbocycles. The third kappa shape index (κ3) is 3.28. The molecule has 0 spiro atoms. The van der Waals surface area contributed by atoms with E-state index in [1.807, 2.05) is 6.92 Å². The molecule has 1 aliphatic carbocycles. The Bertz CT molecular complexity index is 552. The number of nitrogens with two attached hydrogens (primary N) is 1. The van der Waals surface area contributed by atoms with Gasteiger partial charge in [0.05, 0.1) is 9.88 Å². The summed E-state index contributed by atoms with van der Waals surface area (Å²) in [4.78, 5) is 0.684. The molecule has 18 heavy (non-hydrogen) atoms. The van der Waals surface area contributed by atoms with Gasteiger partial charge in [0.1, 0.15) is 0 Å². The average molecular weight is 284 g/mol. The van der Waals surface area contributed by atoms with E-state index in [-0.39, 0.29) is 10.9 Å². The number of thiocarbonyl (C=S) groups is 1. The first-order valence-electron chi connectivity index (χ1n) is 5.78. The molecule has 1 aliphatic rings. The van der Waals surface area contributed by atoms with Crippen molar-refractivity contribution in [3.63, 3.8) is 0 Å². The van der Waals surface area contributed by atoms with Crippen molar-refractivity contribution in [3.05, 3.63) is 29.8 Å². The highest BCUT2D eigenvalue weighted by molar-refractivity contribution is 7.89. The lowest BCUT2D eigenvalue weighted by Crippen LogP contribution is -2.26. The van der Waals surface area contributed by atoms with Gasteiger partial charge in [-0.2, -0.15) is 0 Å². The van der Waals surface area contributed by atoms with Gasteiger partial charge >= 0.3 is 0 Å². The third-order valence-electron chi connectivity index (χ3n) is 3.03. The first kappa shape index (κ1) is 13.5. The van der Waals surface area contributed by atoms with E-state index in [4.69, 9.17) is 18.0 Å². The predicted molar refractivity (Wildman–Crippen MR) is 74.8 cm³/mol. The van der Waals surface area contributed by atoms with Crippen molar-refractivity contribution >= 4 is 27.2 Å². The summed E-state index contributed by atoms with van der Waals surface area (Å²) in [6.07, 6.45) is 1.40. The summed E-state index contributed by atoms with van der Waals surface area (Å²) in [6, 6.07) is 6.74. The summed E-state index contributed by atoms with van der Waals surface area (Å²) in [6.45, 7) is 2.03. The van der Waals surface area contributed by atoms with Gasteiger partial charge in [-0.1, -0.05) is 31.3 Å². The number of benzene rings is 1. The summed E-state index contributed by atoms with van der Waals surface area (Å²) < 4.78 is 26.7. The van der Waals surface area contributed by atoms with Crippen LogP contribution >= 0.6 is 12.2 Å². The van der Waals surface area contributed by atoms with Gasteiger partial charge in [-0.25, -0.2) is 13.1 Å². The van der Waals surface area contributed by atoms with E-state index in [9.17, 15) is 8.42 Å². The van der Waals surface area contributed by atoms with E-state index >= 15 is 0 Å². The summed E-state index contributed by atoms with van der Waals surface area (Å²) in [5.41, 5.74) is 6.36. The largest absolute Gasteiger partial charge is 0.393 e. The topological polar surface area (TPSA) is 72.2 Å². The van der Waals surface area contributed by atoms with E-state index in [0.29, 0.717) is 17.3 Å². The maximum Gasteiger partial charge on any atom is 0.240 e. The van der Waals surface area contributed by atoms with Crippen molar-refractivity contribution in [2.75, 3.05) is 0 Å². The molecule has 3 N–H and O–H groups in total. The molecule has 4 nitrogen and oxygen atoms in total. The van der Waals surface area contributed by atoms with Crippen molar-refractivity contribution < 1.29 is 8.42 Å². The van der Waals surface area contributed by atoms with Gasteiger partial charge in [-0.05, 0) is 30.0 Å². The van der Waals surface area contributed by atoms with Crippen LogP contribution in [0.15, 0.2) is 29.2 Å². The summed E-state index contributed by atoms with van der Waals surface area (Å²) in [5.74, 6) is 0.439. The molecule has 0 amide bonds. The molecule has 6 heteroatoms. The normalized spacial score (nSPS) is 22.7. The number of rotatable bonds is 5. The second-order valence-electron chi connectivity index (χ2n) is 4.73. The minimum Gasteiger partial charge on any atom is -0.393 e. The molecule has 1 aromatic carbocycles. The van der Waals surface area contributed by atoms with Crippen LogP contribution in [-0.2, 0) is 16.4 Å². The SMILES string of the molecule is CC1CC1NS(=O)(=O)c1ccc(CC(N)=S)cc1. The lowest BCUT2D eigenvalue weighted by Gasteiger charge is -2.06. The monoisotopic (exact) mass is 284 g/mol. The molecule has 0 bridgehead atoms. The van der Waals surface area contributed by atoms with E-state index < -0.39 is 10.0 Å². The van der Waals surface area contributed by atoms with Crippen LogP contribution in [0.25, 0.3) is 0 Å². The first-order chi connectivity index (χ1) is 8.38. The van der Waals surface area contributed by atoms with Crippen LogP contribution in [0.3, 0.4) is 0 Å². The summed E-state index contributed by atoms with van der Waals surface area (Å²) in [7, 11) is -3.39. The fraction of sp³-hybridized carbons (Fsp3) is 0.417. The van der Waals surface area contributed by atoms with E-state index in [1.54, 1.807) is 24.3 Å². The number of hydrogen-bond acceptors (Lipinski definition) is 3. The van der Waals surface area contributed by atoms with Gasteiger partial charge in [0.2, 0.25) is 10.0 Å². The highest BCUT2D eigenvalue weighted by Gasteiger charge is 2.36. The van der Waals surface area contributed by atoms with Crippen molar-refractivity contribution in [1.29, 1.82) is 0 Å². The zero-order valence-corrected chi connectivity index (χ0v) is 11.7. The van der Waals surface area contributed by atoms with Crippen LogP contribution in [0.4, 0.5) is 0 Å². The Kier molecular flexibility index (Phi) is 3.70. The van der Waals surface area contributed by atoms with E-state index in [2.05, 4.69) is 4.72 Å². The quantitative estimate of drug-likeness (QED) is 0.797. The zero-order chi connectivity index (χ0) is 13.3. The van der Waals surface area contributed by atoms with Crippen LogP contribution in [0.2, 0.25) is 0 Å². The predicted octanol–water partition coefficient (Wildman–Crippen LogP) is 1.20. The lowest BCUT2D eigenvalue weighted by atomic mass is 10.1. The molecule has 2 atom stereocenters. The number of hydrogen-bond donors (Lipinski definition) is 2. The Hall–Kier alpha value is -0.980. The summed E-state index contributed by atoms with van der Waals surface area (Å²) in [5, 5.41) is 0. The molecule has 0 saturated heterocycles. The van der Waals surface area contributed by atoms with Gasteiger partial charge in [0.25, 0.3) is 0 Å². The van der Waals surface area contributed by atoms with E-state index in [0.717, 1.165) is 12.0 Å². The summed E-state index contributed by atoms with van der Waals surface area (Å²) >= 11 is 4.81. The second-order valence-corrected chi connectivity index (χ2v) is 6.97. The standard InChI is InChI=1S/C12H16N2O2S2/c1-8-6-11(8)14-18(15,16)10-4-2-9(3-5-10)7-12(13)17/h2-5,8,11,14H,6-7H2,1H3,(H2,13,17). The maximum absolute atomic E-state index is 12.0. The molecule has 0 aliphatic heterocycles. The molecule has 2 unspecified atom stereocenters. The van der Waals surface area contributed by atoms with Gasteiger partial charge in [0, 0.05) is 12.5 Å². The van der Waals surface area contributed by atoms with Crippen LogP contribution in [-0.4, -0.2) is 19.4 Å². The van der Waals surface area contributed by atoms with Crippen LogP contribution in [0.5, 0.6) is 0 Å². The van der Waals surface area contributed by atoms with Crippen LogP contribution in [0.1, 0.15) is 18.9 Å². The third-order valence-corrected chi connectivity index (χ3v) is 4.68. The average Bonchev–Trinajstić information content (AvgIpc) is 2.93. The highest BCUT2D eigenvalue weighted by atomic mass is 32.2. The lowest BCUT2D eigenvalue weighted by molar-refractivity contribution is 0.578. The fourth-order valence-electron chi connectivity index (χ4n) is 1.74.